The second-order valence-corrected chi connectivity index (χ2v) is 4.04. The van der Waals surface area contributed by atoms with Gasteiger partial charge in [-0.05, 0) is 18.4 Å². The normalized spacial score (nSPS) is 10.4. The Morgan fingerprint density at radius 2 is 2.00 bits per heavy atom. The molecule has 0 radical (unpaired) electrons. The first-order chi connectivity index (χ1) is 7.77. The lowest BCUT2D eigenvalue weighted by molar-refractivity contribution is 0.416. The molecule has 0 aliphatic rings. The fraction of sp³-hybridized carbons (Fsp3) is 0.273. The molecule has 1 heterocycles. The van der Waals surface area contributed by atoms with E-state index in [0.29, 0.717) is 0 Å². The molecule has 2 rings (SSSR count). The SMILES string of the molecule is COc1ccccc1-c1nnc(SC)n1C. The molecule has 2 aromatic rings. The summed E-state index contributed by atoms with van der Waals surface area (Å²) in [6.07, 6.45) is 1.98. The molecule has 0 saturated heterocycles. The van der Waals surface area contributed by atoms with Gasteiger partial charge in [0.05, 0.1) is 12.7 Å². The maximum atomic E-state index is 5.31. The van der Waals surface area contributed by atoms with Crippen molar-refractivity contribution in [2.24, 2.45) is 7.05 Å². The lowest BCUT2D eigenvalue weighted by Gasteiger charge is -2.07. The molecular formula is C11H13N3OS. The van der Waals surface area contributed by atoms with E-state index in [1.54, 1.807) is 18.9 Å². The Balaban J connectivity index is 2.54. The number of ether oxygens (including phenoxy) is 1. The van der Waals surface area contributed by atoms with Gasteiger partial charge >= 0.3 is 0 Å². The highest BCUT2D eigenvalue weighted by molar-refractivity contribution is 7.98. The molecule has 16 heavy (non-hydrogen) atoms. The minimum absolute atomic E-state index is 0.811. The Labute approximate surface area is 98.6 Å². The molecule has 0 saturated carbocycles. The molecule has 0 aliphatic heterocycles. The van der Waals surface area contributed by atoms with Crippen LogP contribution in [0.2, 0.25) is 0 Å². The predicted molar refractivity (Wildman–Crippen MR) is 64.8 cm³/mol. The van der Waals surface area contributed by atoms with Crippen LogP contribution in [-0.2, 0) is 7.05 Å². The summed E-state index contributed by atoms with van der Waals surface area (Å²) in [4.78, 5) is 0. The van der Waals surface area contributed by atoms with Crippen molar-refractivity contribution >= 4 is 11.8 Å². The van der Waals surface area contributed by atoms with E-state index < -0.39 is 0 Å². The average molecular weight is 235 g/mol. The van der Waals surface area contributed by atoms with Crippen LogP contribution in [0.3, 0.4) is 0 Å². The molecule has 4 nitrogen and oxygen atoms in total. The van der Waals surface area contributed by atoms with E-state index in [0.717, 1.165) is 22.3 Å². The highest BCUT2D eigenvalue weighted by Crippen LogP contribution is 2.29. The minimum Gasteiger partial charge on any atom is -0.496 e. The maximum absolute atomic E-state index is 5.31. The van der Waals surface area contributed by atoms with Gasteiger partial charge in [-0.15, -0.1) is 10.2 Å². The van der Waals surface area contributed by atoms with Gasteiger partial charge in [-0.1, -0.05) is 23.9 Å². The molecule has 0 atom stereocenters. The lowest BCUT2D eigenvalue weighted by Crippen LogP contribution is -1.96. The summed E-state index contributed by atoms with van der Waals surface area (Å²) >= 11 is 1.57. The number of nitrogens with zero attached hydrogens (tertiary/aromatic N) is 3. The quantitative estimate of drug-likeness (QED) is 0.765. The average Bonchev–Trinajstić information content (AvgIpc) is 2.70. The van der Waals surface area contributed by atoms with Crippen LogP contribution in [0.1, 0.15) is 0 Å². The Hall–Kier alpha value is -1.49. The third kappa shape index (κ3) is 1.78. The zero-order valence-corrected chi connectivity index (χ0v) is 10.3. The van der Waals surface area contributed by atoms with Gasteiger partial charge in [-0.25, -0.2) is 0 Å². The summed E-state index contributed by atoms with van der Waals surface area (Å²) in [6, 6.07) is 7.80. The highest BCUT2D eigenvalue weighted by Gasteiger charge is 2.13. The minimum atomic E-state index is 0.811. The van der Waals surface area contributed by atoms with Crippen molar-refractivity contribution in [3.8, 4) is 17.1 Å². The van der Waals surface area contributed by atoms with Gasteiger partial charge in [0.25, 0.3) is 0 Å². The van der Waals surface area contributed by atoms with Crippen LogP contribution >= 0.6 is 11.8 Å². The van der Waals surface area contributed by atoms with Gasteiger partial charge in [0, 0.05) is 7.05 Å². The number of thioether (sulfide) groups is 1. The van der Waals surface area contributed by atoms with E-state index in [4.69, 9.17) is 4.74 Å². The van der Waals surface area contributed by atoms with E-state index in [2.05, 4.69) is 10.2 Å². The Kier molecular flexibility index (Phi) is 3.14. The van der Waals surface area contributed by atoms with Crippen LogP contribution in [-0.4, -0.2) is 28.1 Å². The third-order valence-electron chi connectivity index (χ3n) is 2.37. The molecule has 0 N–H and O–H groups in total. The topological polar surface area (TPSA) is 39.9 Å². The summed E-state index contributed by atoms with van der Waals surface area (Å²) in [6.45, 7) is 0. The van der Waals surface area contributed by atoms with Crippen molar-refractivity contribution in [2.75, 3.05) is 13.4 Å². The van der Waals surface area contributed by atoms with Gasteiger partial charge < -0.3 is 9.30 Å². The van der Waals surface area contributed by atoms with Crippen molar-refractivity contribution in [3.05, 3.63) is 24.3 Å². The summed E-state index contributed by atoms with van der Waals surface area (Å²) in [5.41, 5.74) is 0.959. The van der Waals surface area contributed by atoms with E-state index in [1.165, 1.54) is 0 Å². The van der Waals surface area contributed by atoms with Crippen LogP contribution in [0.5, 0.6) is 5.75 Å². The second kappa shape index (κ2) is 4.57. The Morgan fingerprint density at radius 1 is 1.25 bits per heavy atom. The molecule has 1 aromatic heterocycles. The number of hydrogen-bond donors (Lipinski definition) is 0. The fourth-order valence-corrected chi connectivity index (χ4v) is 2.04. The molecule has 5 heteroatoms. The van der Waals surface area contributed by atoms with Crippen molar-refractivity contribution in [2.45, 2.75) is 5.16 Å². The number of methoxy groups -OCH3 is 1. The van der Waals surface area contributed by atoms with Gasteiger partial charge in [0.1, 0.15) is 5.75 Å². The number of hydrogen-bond acceptors (Lipinski definition) is 4. The summed E-state index contributed by atoms with van der Waals surface area (Å²) in [5, 5.41) is 9.17. The molecule has 1 aromatic carbocycles. The van der Waals surface area contributed by atoms with Gasteiger partial charge in [-0.2, -0.15) is 0 Å². The first kappa shape index (κ1) is 11.0. The van der Waals surface area contributed by atoms with Crippen LogP contribution < -0.4 is 4.74 Å². The largest absolute Gasteiger partial charge is 0.496 e. The molecule has 84 valence electrons. The summed E-state index contributed by atoms with van der Waals surface area (Å²) < 4.78 is 7.27. The smallest absolute Gasteiger partial charge is 0.190 e. The predicted octanol–water partition coefficient (Wildman–Crippen LogP) is 2.21. The molecule has 0 amide bonds. The van der Waals surface area contributed by atoms with Crippen LogP contribution in [0.15, 0.2) is 29.4 Å². The van der Waals surface area contributed by atoms with E-state index in [1.807, 2.05) is 42.1 Å². The van der Waals surface area contributed by atoms with Crippen LogP contribution in [0, 0.1) is 0 Å². The first-order valence-corrected chi connectivity index (χ1v) is 6.07. The molecule has 0 bridgehead atoms. The molecular weight excluding hydrogens is 222 g/mol. The zero-order chi connectivity index (χ0) is 11.5. The van der Waals surface area contributed by atoms with Crippen LogP contribution in [0.25, 0.3) is 11.4 Å². The van der Waals surface area contributed by atoms with Gasteiger partial charge in [-0.3, -0.25) is 0 Å². The molecule has 0 spiro atoms. The van der Waals surface area contributed by atoms with E-state index >= 15 is 0 Å². The number of benzene rings is 1. The highest BCUT2D eigenvalue weighted by atomic mass is 32.2. The number of rotatable bonds is 3. The van der Waals surface area contributed by atoms with E-state index in [-0.39, 0.29) is 0 Å². The summed E-state index contributed by atoms with van der Waals surface area (Å²) in [5.74, 6) is 1.63. The van der Waals surface area contributed by atoms with Crippen molar-refractivity contribution in [3.63, 3.8) is 0 Å². The maximum Gasteiger partial charge on any atom is 0.190 e. The van der Waals surface area contributed by atoms with Gasteiger partial charge in [0.15, 0.2) is 11.0 Å². The lowest BCUT2D eigenvalue weighted by atomic mass is 10.2. The van der Waals surface area contributed by atoms with Crippen molar-refractivity contribution in [1.82, 2.24) is 14.8 Å². The first-order valence-electron chi connectivity index (χ1n) is 4.84. The number of aromatic nitrogens is 3. The Bertz CT molecular complexity index is 496. The zero-order valence-electron chi connectivity index (χ0n) is 9.47. The molecule has 0 unspecified atom stereocenters. The van der Waals surface area contributed by atoms with Gasteiger partial charge in [0.2, 0.25) is 0 Å². The second-order valence-electron chi connectivity index (χ2n) is 3.27. The van der Waals surface area contributed by atoms with E-state index in [9.17, 15) is 0 Å². The third-order valence-corrected chi connectivity index (χ3v) is 3.09. The fourth-order valence-electron chi connectivity index (χ4n) is 1.56. The monoisotopic (exact) mass is 235 g/mol. The van der Waals surface area contributed by atoms with Crippen LogP contribution in [0.4, 0.5) is 0 Å². The van der Waals surface area contributed by atoms with Crippen molar-refractivity contribution in [1.29, 1.82) is 0 Å². The van der Waals surface area contributed by atoms with Crippen molar-refractivity contribution < 1.29 is 4.74 Å². The summed E-state index contributed by atoms with van der Waals surface area (Å²) in [7, 11) is 3.61. The number of para-hydroxylation sites is 1. The molecule has 0 fully saturated rings. The Morgan fingerprint density at radius 3 is 2.62 bits per heavy atom. The molecule has 0 aliphatic carbocycles. The standard InChI is InChI=1S/C11H13N3OS/c1-14-10(12-13-11(14)16-3)8-6-4-5-7-9(8)15-2/h4-7H,1-3H3.